The zero-order chi connectivity index (χ0) is 9.31. The first-order chi connectivity index (χ1) is 6.26. The molecule has 2 nitrogen and oxygen atoms in total. The van der Waals surface area contributed by atoms with Crippen LogP contribution < -0.4 is 5.73 Å². The van der Waals surface area contributed by atoms with Crippen molar-refractivity contribution in [3.05, 3.63) is 0 Å². The summed E-state index contributed by atoms with van der Waals surface area (Å²) in [5, 5.41) is 10.5. The molecule has 2 fully saturated rings. The predicted molar refractivity (Wildman–Crippen MR) is 53.3 cm³/mol. The Morgan fingerprint density at radius 1 is 1.23 bits per heavy atom. The molecule has 13 heavy (non-hydrogen) atoms. The van der Waals surface area contributed by atoms with Crippen molar-refractivity contribution < 1.29 is 5.11 Å². The van der Waals surface area contributed by atoms with Gasteiger partial charge in [0.2, 0.25) is 0 Å². The van der Waals surface area contributed by atoms with Crippen LogP contribution >= 0.6 is 0 Å². The van der Waals surface area contributed by atoms with Gasteiger partial charge in [-0.15, -0.1) is 0 Å². The van der Waals surface area contributed by atoms with Crippen LogP contribution in [0.2, 0.25) is 0 Å². The second-order valence-corrected chi connectivity index (χ2v) is 4.83. The molecule has 0 spiro atoms. The molecule has 0 aromatic carbocycles. The van der Waals surface area contributed by atoms with Crippen molar-refractivity contribution in [2.75, 3.05) is 6.54 Å². The molecule has 0 aromatic rings. The summed E-state index contributed by atoms with van der Waals surface area (Å²) >= 11 is 0. The van der Waals surface area contributed by atoms with Crippen LogP contribution in [0.5, 0.6) is 0 Å². The first kappa shape index (κ1) is 9.47. The lowest BCUT2D eigenvalue weighted by Gasteiger charge is -2.41. The molecule has 3 N–H and O–H groups in total. The Labute approximate surface area is 80.5 Å². The van der Waals surface area contributed by atoms with Gasteiger partial charge in [-0.2, -0.15) is 0 Å². The Morgan fingerprint density at radius 3 is 2.77 bits per heavy atom. The summed E-state index contributed by atoms with van der Waals surface area (Å²) in [5.74, 6) is 1.38. The molecule has 76 valence electrons. The van der Waals surface area contributed by atoms with Gasteiger partial charge in [0.1, 0.15) is 0 Å². The van der Waals surface area contributed by atoms with Crippen LogP contribution in [0.1, 0.15) is 44.9 Å². The summed E-state index contributed by atoms with van der Waals surface area (Å²) in [6.45, 7) is 0.639. The van der Waals surface area contributed by atoms with Crippen molar-refractivity contribution in [3.8, 4) is 0 Å². The highest BCUT2D eigenvalue weighted by Gasteiger charge is 2.45. The summed E-state index contributed by atoms with van der Waals surface area (Å²) in [5.41, 5.74) is 5.17. The number of aliphatic hydroxyl groups is 1. The number of rotatable bonds is 2. The Bertz CT molecular complexity index is 179. The zero-order valence-electron chi connectivity index (χ0n) is 8.34. The number of hydrogen-bond donors (Lipinski definition) is 2. The van der Waals surface area contributed by atoms with E-state index in [-0.39, 0.29) is 0 Å². The summed E-state index contributed by atoms with van der Waals surface area (Å²) in [6, 6.07) is 0. The maximum atomic E-state index is 10.5. The van der Waals surface area contributed by atoms with Crippen molar-refractivity contribution in [2.45, 2.75) is 50.5 Å². The van der Waals surface area contributed by atoms with Crippen LogP contribution in [0.15, 0.2) is 0 Å². The standard InChI is InChI=1S/C11H21NO/c12-8-7-11(13)6-2-4-9-3-1-5-10(9)11/h9-10,13H,1-8,12H2. The fourth-order valence-corrected chi connectivity index (χ4v) is 3.51. The van der Waals surface area contributed by atoms with Crippen molar-refractivity contribution >= 4 is 0 Å². The Hall–Kier alpha value is -0.0800. The molecule has 0 bridgehead atoms. The highest BCUT2D eigenvalue weighted by molar-refractivity contribution is 4.97. The highest BCUT2D eigenvalue weighted by atomic mass is 16.3. The van der Waals surface area contributed by atoms with Crippen molar-refractivity contribution in [3.63, 3.8) is 0 Å². The molecule has 0 saturated heterocycles. The number of nitrogens with two attached hydrogens (primary N) is 1. The topological polar surface area (TPSA) is 46.2 Å². The normalized spacial score (nSPS) is 44.8. The lowest BCUT2D eigenvalue weighted by molar-refractivity contribution is -0.0679. The van der Waals surface area contributed by atoms with E-state index in [2.05, 4.69) is 0 Å². The van der Waals surface area contributed by atoms with E-state index in [0.29, 0.717) is 12.5 Å². The van der Waals surface area contributed by atoms with Gasteiger partial charge in [-0.1, -0.05) is 19.3 Å². The Balaban J connectivity index is 2.08. The second-order valence-electron chi connectivity index (χ2n) is 4.83. The molecule has 0 amide bonds. The van der Waals surface area contributed by atoms with Gasteiger partial charge in [-0.05, 0) is 44.1 Å². The van der Waals surface area contributed by atoms with E-state index in [4.69, 9.17) is 5.73 Å². The molecule has 2 aliphatic carbocycles. The minimum Gasteiger partial charge on any atom is -0.390 e. The average Bonchev–Trinajstić information content (AvgIpc) is 2.54. The summed E-state index contributed by atoms with van der Waals surface area (Å²) < 4.78 is 0. The molecule has 2 rings (SSSR count). The smallest absolute Gasteiger partial charge is 0.0690 e. The molecular weight excluding hydrogens is 162 g/mol. The largest absolute Gasteiger partial charge is 0.390 e. The Morgan fingerprint density at radius 2 is 2.00 bits per heavy atom. The van der Waals surface area contributed by atoms with Crippen LogP contribution in [0.4, 0.5) is 0 Å². The van der Waals surface area contributed by atoms with Crippen molar-refractivity contribution in [1.82, 2.24) is 0 Å². The lowest BCUT2D eigenvalue weighted by atomic mass is 9.69. The van der Waals surface area contributed by atoms with Gasteiger partial charge in [0, 0.05) is 0 Å². The van der Waals surface area contributed by atoms with E-state index in [9.17, 15) is 5.11 Å². The monoisotopic (exact) mass is 183 g/mol. The van der Waals surface area contributed by atoms with Gasteiger partial charge in [0.05, 0.1) is 5.60 Å². The predicted octanol–water partition coefficient (Wildman–Crippen LogP) is 1.67. The van der Waals surface area contributed by atoms with E-state index >= 15 is 0 Å². The molecule has 2 heteroatoms. The molecule has 0 heterocycles. The van der Waals surface area contributed by atoms with Crippen molar-refractivity contribution in [1.29, 1.82) is 0 Å². The van der Waals surface area contributed by atoms with E-state index < -0.39 is 5.60 Å². The fourth-order valence-electron chi connectivity index (χ4n) is 3.51. The minimum atomic E-state index is -0.395. The maximum absolute atomic E-state index is 10.5. The third-order valence-electron chi connectivity index (χ3n) is 4.11. The van der Waals surface area contributed by atoms with Crippen LogP contribution in [0.25, 0.3) is 0 Å². The molecular formula is C11H21NO. The molecule has 0 radical (unpaired) electrons. The third-order valence-corrected chi connectivity index (χ3v) is 4.11. The molecule has 2 aliphatic rings. The fraction of sp³-hybridized carbons (Fsp3) is 1.00. The van der Waals surface area contributed by atoms with Gasteiger partial charge in [0.25, 0.3) is 0 Å². The van der Waals surface area contributed by atoms with E-state index in [1.165, 1.54) is 32.1 Å². The van der Waals surface area contributed by atoms with Crippen molar-refractivity contribution in [2.24, 2.45) is 17.6 Å². The first-order valence-corrected chi connectivity index (χ1v) is 5.69. The number of fused-ring (bicyclic) bond motifs is 1. The lowest BCUT2D eigenvalue weighted by Crippen LogP contribution is -2.44. The molecule has 3 atom stereocenters. The van der Waals surface area contributed by atoms with Gasteiger partial charge >= 0.3 is 0 Å². The third kappa shape index (κ3) is 1.62. The van der Waals surface area contributed by atoms with Crippen LogP contribution in [0.3, 0.4) is 0 Å². The molecule has 3 unspecified atom stereocenters. The maximum Gasteiger partial charge on any atom is 0.0690 e. The quantitative estimate of drug-likeness (QED) is 0.684. The summed E-state index contributed by atoms with van der Waals surface area (Å²) in [7, 11) is 0. The molecule has 0 aliphatic heterocycles. The minimum absolute atomic E-state index is 0.395. The van der Waals surface area contributed by atoms with Gasteiger partial charge < -0.3 is 10.8 Å². The Kier molecular flexibility index (Phi) is 2.61. The second kappa shape index (κ2) is 3.58. The molecule has 2 saturated carbocycles. The van der Waals surface area contributed by atoms with Gasteiger partial charge in [-0.25, -0.2) is 0 Å². The van der Waals surface area contributed by atoms with E-state index in [0.717, 1.165) is 18.8 Å². The van der Waals surface area contributed by atoms with Gasteiger partial charge in [0.15, 0.2) is 0 Å². The van der Waals surface area contributed by atoms with Crippen LogP contribution in [-0.4, -0.2) is 17.3 Å². The van der Waals surface area contributed by atoms with Crippen LogP contribution in [-0.2, 0) is 0 Å². The first-order valence-electron chi connectivity index (χ1n) is 5.69. The SMILES string of the molecule is NCCC1(O)CCCC2CCCC21. The van der Waals surface area contributed by atoms with Gasteiger partial charge in [-0.3, -0.25) is 0 Å². The number of hydrogen-bond acceptors (Lipinski definition) is 2. The van der Waals surface area contributed by atoms with E-state index in [1.54, 1.807) is 0 Å². The van der Waals surface area contributed by atoms with Crippen LogP contribution in [0, 0.1) is 11.8 Å². The summed E-state index contributed by atoms with van der Waals surface area (Å²) in [6.07, 6.45) is 8.26. The molecule has 0 aromatic heterocycles. The van der Waals surface area contributed by atoms with E-state index in [1.807, 2.05) is 0 Å². The summed E-state index contributed by atoms with van der Waals surface area (Å²) in [4.78, 5) is 0. The highest BCUT2D eigenvalue weighted by Crippen LogP contribution is 2.48. The average molecular weight is 183 g/mol. The zero-order valence-corrected chi connectivity index (χ0v) is 8.34.